The zero-order valence-electron chi connectivity index (χ0n) is 18.1. The third-order valence-corrected chi connectivity index (χ3v) is 6.40. The maximum atomic E-state index is 6.07. The minimum atomic E-state index is 0.234. The number of piperidine rings is 1. The van der Waals surface area contributed by atoms with E-state index in [0.717, 1.165) is 53.0 Å². The van der Waals surface area contributed by atoms with Crippen LogP contribution in [0.25, 0.3) is 21.5 Å². The summed E-state index contributed by atoms with van der Waals surface area (Å²) in [7, 11) is 0. The lowest BCUT2D eigenvalue weighted by Gasteiger charge is -2.22. The molecule has 0 bridgehead atoms. The number of nitrogens with one attached hydrogen (secondary N) is 2. The molecule has 9 heteroatoms. The molecule has 0 unspecified atom stereocenters. The maximum Gasteiger partial charge on any atom is 0.273 e. The summed E-state index contributed by atoms with van der Waals surface area (Å²) in [6.07, 6.45) is 7.75. The first-order chi connectivity index (χ1) is 15.6. The number of hydrogen-bond acceptors (Lipinski definition) is 9. The smallest absolute Gasteiger partial charge is 0.273 e. The molecule has 1 fully saturated rings. The Morgan fingerprint density at radius 2 is 1.91 bits per heavy atom. The third-order valence-electron chi connectivity index (χ3n) is 5.46. The molecule has 1 aliphatic rings. The number of ether oxygens (including phenoxy) is 1. The number of pyridine rings is 2. The van der Waals surface area contributed by atoms with Crippen molar-refractivity contribution in [2.75, 3.05) is 18.4 Å². The molecule has 8 nitrogen and oxygen atoms in total. The molecule has 4 aromatic rings. The number of anilines is 2. The van der Waals surface area contributed by atoms with E-state index in [9.17, 15) is 0 Å². The Morgan fingerprint density at radius 3 is 2.75 bits per heavy atom. The second kappa shape index (κ2) is 9.13. The lowest BCUT2D eigenvalue weighted by atomic mass is 10.1. The number of rotatable bonds is 6. The summed E-state index contributed by atoms with van der Waals surface area (Å²) in [4.78, 5) is 14.8. The second-order valence-electron chi connectivity index (χ2n) is 8.17. The van der Waals surface area contributed by atoms with Crippen molar-refractivity contribution in [1.82, 2.24) is 30.5 Å². The zero-order valence-corrected chi connectivity index (χ0v) is 18.9. The van der Waals surface area contributed by atoms with Gasteiger partial charge in [-0.3, -0.25) is 4.98 Å². The fourth-order valence-corrected chi connectivity index (χ4v) is 4.42. The summed E-state index contributed by atoms with van der Waals surface area (Å²) >= 11 is 1.54. The molecule has 0 aromatic carbocycles. The molecule has 1 aliphatic heterocycles. The van der Waals surface area contributed by atoms with Crippen LogP contribution >= 0.6 is 11.3 Å². The van der Waals surface area contributed by atoms with Crippen molar-refractivity contribution in [3.63, 3.8) is 0 Å². The van der Waals surface area contributed by atoms with Crippen molar-refractivity contribution in [3.8, 4) is 15.6 Å². The van der Waals surface area contributed by atoms with E-state index in [2.05, 4.69) is 44.6 Å². The van der Waals surface area contributed by atoms with E-state index >= 15 is 0 Å². The second-order valence-corrected chi connectivity index (χ2v) is 9.16. The Hall–Kier alpha value is -3.17. The number of thiazole rings is 1. The molecular weight excluding hydrogens is 422 g/mol. The van der Waals surface area contributed by atoms with Crippen LogP contribution in [0.15, 0.2) is 42.9 Å². The molecule has 5 heterocycles. The van der Waals surface area contributed by atoms with Crippen molar-refractivity contribution < 1.29 is 4.74 Å². The van der Waals surface area contributed by atoms with Crippen molar-refractivity contribution >= 4 is 34.0 Å². The van der Waals surface area contributed by atoms with Gasteiger partial charge in [0.25, 0.3) is 5.19 Å². The quantitative estimate of drug-likeness (QED) is 0.445. The molecule has 2 N–H and O–H groups in total. The highest BCUT2D eigenvalue weighted by molar-refractivity contribution is 7.16. The highest BCUT2D eigenvalue weighted by atomic mass is 32.1. The third kappa shape index (κ3) is 4.68. The first-order valence-corrected chi connectivity index (χ1v) is 11.7. The lowest BCUT2D eigenvalue weighted by molar-refractivity contribution is 0.162. The number of hydrogen-bond donors (Lipinski definition) is 2. The summed E-state index contributed by atoms with van der Waals surface area (Å²) in [6, 6.07) is 7.88. The van der Waals surface area contributed by atoms with Crippen LogP contribution in [0.2, 0.25) is 0 Å². The normalized spacial score (nSPS) is 14.7. The average Bonchev–Trinajstić information content (AvgIpc) is 3.28. The molecule has 0 saturated carbocycles. The van der Waals surface area contributed by atoms with Gasteiger partial charge in [-0.1, -0.05) is 25.2 Å². The van der Waals surface area contributed by atoms with Crippen LogP contribution in [0.5, 0.6) is 5.19 Å². The van der Waals surface area contributed by atoms with Crippen molar-refractivity contribution in [2.45, 2.75) is 38.7 Å². The Kier molecular flexibility index (Phi) is 5.91. The first-order valence-electron chi connectivity index (χ1n) is 10.8. The van der Waals surface area contributed by atoms with Gasteiger partial charge in [0.2, 0.25) is 0 Å². The van der Waals surface area contributed by atoms with E-state index in [-0.39, 0.29) is 6.10 Å². The summed E-state index contributed by atoms with van der Waals surface area (Å²) in [5.74, 6) is 1.76. The molecular formula is C23H25N7OS. The Balaban J connectivity index is 1.36. The molecule has 0 aliphatic carbocycles. The van der Waals surface area contributed by atoms with Gasteiger partial charge >= 0.3 is 0 Å². The molecule has 32 heavy (non-hydrogen) atoms. The van der Waals surface area contributed by atoms with Crippen LogP contribution < -0.4 is 15.4 Å². The predicted octanol–water partition coefficient (Wildman–Crippen LogP) is 4.54. The fourth-order valence-electron chi connectivity index (χ4n) is 3.60. The van der Waals surface area contributed by atoms with Gasteiger partial charge in [-0.2, -0.15) is 5.10 Å². The first kappa shape index (κ1) is 20.7. The van der Waals surface area contributed by atoms with Gasteiger partial charge in [-0.05, 0) is 61.7 Å². The molecule has 0 atom stereocenters. The maximum absolute atomic E-state index is 6.07. The van der Waals surface area contributed by atoms with Crippen molar-refractivity contribution in [1.29, 1.82) is 0 Å². The molecule has 0 amide bonds. The van der Waals surface area contributed by atoms with E-state index in [0.29, 0.717) is 22.7 Å². The topological polar surface area (TPSA) is 97.7 Å². The van der Waals surface area contributed by atoms with Crippen LogP contribution in [-0.2, 0) is 0 Å². The van der Waals surface area contributed by atoms with Crippen LogP contribution in [0.1, 0.15) is 38.2 Å². The standard InChI is InChI=1S/C23H25N7OS/c1-14(2)15-10-22(30-27-12-15)29-21-4-3-18-19(28-21)9-16(11-25-18)20-13-26-23(32-20)31-17-5-7-24-8-6-17/h3-4,9-14,17,24H,5-8H2,1-2H3,(H,28,29,30). The SMILES string of the molecule is CC(C)c1cnnc(Nc2ccc3ncc(-c4cnc(OC5CCNCC5)s4)cc3n2)c1. The molecule has 4 aromatic heterocycles. The Bertz CT molecular complexity index is 1220. The molecule has 0 spiro atoms. The van der Waals surface area contributed by atoms with Gasteiger partial charge in [0.15, 0.2) is 5.82 Å². The van der Waals surface area contributed by atoms with Gasteiger partial charge in [0.1, 0.15) is 11.9 Å². The molecule has 1 saturated heterocycles. The van der Waals surface area contributed by atoms with Gasteiger partial charge in [-0.25, -0.2) is 9.97 Å². The van der Waals surface area contributed by atoms with Gasteiger partial charge in [-0.15, -0.1) is 5.10 Å². The van der Waals surface area contributed by atoms with Gasteiger partial charge in [0, 0.05) is 18.0 Å². The fraction of sp³-hybridized carbons (Fsp3) is 0.348. The molecule has 164 valence electrons. The minimum Gasteiger partial charge on any atom is -0.467 e. The van der Waals surface area contributed by atoms with E-state index in [1.54, 1.807) is 17.5 Å². The zero-order chi connectivity index (χ0) is 21.9. The summed E-state index contributed by atoms with van der Waals surface area (Å²) in [5.41, 5.74) is 3.73. The van der Waals surface area contributed by atoms with Gasteiger partial charge < -0.3 is 15.4 Å². The van der Waals surface area contributed by atoms with E-state index in [1.165, 1.54) is 0 Å². The molecule has 5 rings (SSSR count). The number of aromatic nitrogens is 5. The predicted molar refractivity (Wildman–Crippen MR) is 127 cm³/mol. The van der Waals surface area contributed by atoms with E-state index in [4.69, 9.17) is 9.72 Å². The van der Waals surface area contributed by atoms with Crippen LogP contribution in [0.3, 0.4) is 0 Å². The lowest BCUT2D eigenvalue weighted by Crippen LogP contribution is -2.34. The van der Waals surface area contributed by atoms with Crippen molar-refractivity contribution in [3.05, 3.63) is 48.4 Å². The summed E-state index contributed by atoms with van der Waals surface area (Å²) in [6.45, 7) is 6.24. The van der Waals surface area contributed by atoms with Crippen molar-refractivity contribution in [2.24, 2.45) is 0 Å². The highest BCUT2D eigenvalue weighted by Gasteiger charge is 2.17. The van der Waals surface area contributed by atoms with E-state index in [1.807, 2.05) is 36.7 Å². The summed E-state index contributed by atoms with van der Waals surface area (Å²) < 4.78 is 6.07. The average molecular weight is 448 g/mol. The van der Waals surface area contributed by atoms with Crippen LogP contribution in [-0.4, -0.2) is 44.3 Å². The summed E-state index contributed by atoms with van der Waals surface area (Å²) in [5, 5.41) is 15.6. The highest BCUT2D eigenvalue weighted by Crippen LogP contribution is 2.32. The van der Waals surface area contributed by atoms with Gasteiger partial charge in [0.05, 0.1) is 22.1 Å². The largest absolute Gasteiger partial charge is 0.467 e. The minimum absolute atomic E-state index is 0.234. The monoisotopic (exact) mass is 447 g/mol. The Labute approximate surface area is 190 Å². The number of fused-ring (bicyclic) bond motifs is 1. The van der Waals surface area contributed by atoms with E-state index < -0.39 is 0 Å². The Morgan fingerprint density at radius 1 is 1.03 bits per heavy atom. The van der Waals surface area contributed by atoms with Crippen LogP contribution in [0, 0.1) is 0 Å². The van der Waals surface area contributed by atoms with Crippen LogP contribution in [0.4, 0.5) is 11.6 Å². The molecule has 0 radical (unpaired) electrons. The number of nitrogens with zero attached hydrogens (tertiary/aromatic N) is 5.